The minimum Gasteiger partial charge on any atom is -0.359 e. The highest BCUT2D eigenvalue weighted by Gasteiger charge is 2.35. The molecule has 0 fully saturated rings. The van der Waals surface area contributed by atoms with Crippen molar-refractivity contribution < 1.29 is 4.79 Å². The molecule has 6 heteroatoms. The van der Waals surface area contributed by atoms with Gasteiger partial charge in [0.2, 0.25) is 0 Å². The van der Waals surface area contributed by atoms with Gasteiger partial charge in [-0.15, -0.1) is 11.3 Å². The van der Waals surface area contributed by atoms with E-state index in [0.29, 0.717) is 10.6 Å². The first-order chi connectivity index (χ1) is 11.6. The summed E-state index contributed by atoms with van der Waals surface area (Å²) in [6, 6.07) is 14.8. The summed E-state index contributed by atoms with van der Waals surface area (Å²) in [6.07, 6.45) is -0.349. The first kappa shape index (κ1) is 15.2. The molecule has 24 heavy (non-hydrogen) atoms. The number of carbonyl (C=O) groups is 1. The summed E-state index contributed by atoms with van der Waals surface area (Å²) in [6.45, 7) is 1.96. The number of amides is 1. The lowest BCUT2D eigenvalue weighted by Gasteiger charge is -2.37. The Morgan fingerprint density at radius 2 is 1.92 bits per heavy atom. The van der Waals surface area contributed by atoms with Crippen LogP contribution in [0.15, 0.2) is 53.9 Å². The molecule has 120 valence electrons. The van der Waals surface area contributed by atoms with Crippen molar-refractivity contribution in [3.05, 3.63) is 75.2 Å². The summed E-state index contributed by atoms with van der Waals surface area (Å²) in [5, 5.41) is 7.02. The van der Waals surface area contributed by atoms with E-state index in [2.05, 4.69) is 10.3 Å². The maximum atomic E-state index is 13.1. The zero-order chi connectivity index (χ0) is 16.7. The van der Waals surface area contributed by atoms with E-state index in [-0.39, 0.29) is 12.1 Å². The minimum absolute atomic E-state index is 0.0534. The number of hydrogen-bond acceptors (Lipinski definition) is 4. The van der Waals surface area contributed by atoms with Crippen LogP contribution in [0.1, 0.15) is 27.2 Å². The molecule has 4 rings (SSSR count). The Hall–Kier alpha value is -2.37. The average Bonchev–Trinajstić information content (AvgIpc) is 3.02. The first-order valence-corrected chi connectivity index (χ1v) is 8.76. The van der Waals surface area contributed by atoms with Crippen LogP contribution in [0.5, 0.6) is 0 Å². The Bertz CT molecular complexity index is 907. The van der Waals surface area contributed by atoms with Crippen LogP contribution in [0.4, 0.5) is 11.4 Å². The van der Waals surface area contributed by atoms with E-state index in [1.807, 2.05) is 48.7 Å². The number of anilines is 2. The fourth-order valence-corrected chi connectivity index (χ4v) is 3.59. The average molecular weight is 356 g/mol. The van der Waals surface area contributed by atoms with Gasteiger partial charge in [0.05, 0.1) is 16.3 Å². The van der Waals surface area contributed by atoms with Crippen molar-refractivity contribution in [2.24, 2.45) is 0 Å². The SMILES string of the molecule is Cc1nc([C@@H]2Nc3ccccc3C(=O)N2c2ccc(Cl)cc2)cs1. The predicted octanol–water partition coefficient (Wildman–Crippen LogP) is 4.88. The van der Waals surface area contributed by atoms with Gasteiger partial charge in [-0.1, -0.05) is 23.7 Å². The fraction of sp³-hybridized carbons (Fsp3) is 0.111. The molecule has 3 aromatic rings. The predicted molar refractivity (Wildman–Crippen MR) is 97.9 cm³/mol. The van der Waals surface area contributed by atoms with E-state index < -0.39 is 0 Å². The Balaban J connectivity index is 1.85. The van der Waals surface area contributed by atoms with Gasteiger partial charge in [-0.3, -0.25) is 9.69 Å². The molecule has 0 saturated carbocycles. The van der Waals surface area contributed by atoms with E-state index in [9.17, 15) is 4.79 Å². The van der Waals surface area contributed by atoms with E-state index in [4.69, 9.17) is 11.6 Å². The molecule has 0 aliphatic carbocycles. The molecule has 1 atom stereocenters. The van der Waals surface area contributed by atoms with E-state index >= 15 is 0 Å². The molecule has 0 bridgehead atoms. The van der Waals surface area contributed by atoms with Crippen molar-refractivity contribution in [2.75, 3.05) is 10.2 Å². The lowest BCUT2D eigenvalue weighted by Crippen LogP contribution is -2.43. The summed E-state index contributed by atoms with van der Waals surface area (Å²) in [5.41, 5.74) is 3.08. The van der Waals surface area contributed by atoms with Crippen molar-refractivity contribution in [1.82, 2.24) is 4.98 Å². The molecular formula is C18H14ClN3OS. The molecule has 1 aliphatic rings. The van der Waals surface area contributed by atoms with Crippen molar-refractivity contribution in [3.8, 4) is 0 Å². The number of nitrogens with zero attached hydrogens (tertiary/aromatic N) is 2. The van der Waals surface area contributed by atoms with Gasteiger partial charge in [-0.25, -0.2) is 4.98 Å². The topological polar surface area (TPSA) is 45.2 Å². The third-order valence-electron chi connectivity index (χ3n) is 3.95. The second-order valence-electron chi connectivity index (χ2n) is 5.54. The minimum atomic E-state index is -0.349. The number of thiazole rings is 1. The van der Waals surface area contributed by atoms with Crippen LogP contribution in [-0.4, -0.2) is 10.9 Å². The number of fused-ring (bicyclic) bond motifs is 1. The Labute approximate surface area is 148 Å². The number of para-hydroxylation sites is 1. The van der Waals surface area contributed by atoms with Gasteiger partial charge in [0, 0.05) is 21.8 Å². The van der Waals surface area contributed by atoms with E-state index in [1.54, 1.807) is 28.4 Å². The van der Waals surface area contributed by atoms with Crippen LogP contribution in [-0.2, 0) is 0 Å². The molecular weight excluding hydrogens is 342 g/mol. The van der Waals surface area contributed by atoms with Gasteiger partial charge < -0.3 is 5.32 Å². The summed E-state index contributed by atoms with van der Waals surface area (Å²) in [7, 11) is 0. The lowest BCUT2D eigenvalue weighted by atomic mass is 10.1. The number of benzene rings is 2. The van der Waals surface area contributed by atoms with Gasteiger partial charge in [0.15, 0.2) is 6.17 Å². The summed E-state index contributed by atoms with van der Waals surface area (Å²) in [5.74, 6) is -0.0534. The maximum Gasteiger partial charge on any atom is 0.262 e. The zero-order valence-corrected chi connectivity index (χ0v) is 14.4. The van der Waals surface area contributed by atoms with E-state index in [1.165, 1.54) is 0 Å². The highest BCUT2D eigenvalue weighted by Crippen LogP contribution is 2.37. The van der Waals surface area contributed by atoms with Crippen molar-refractivity contribution in [2.45, 2.75) is 13.1 Å². The second kappa shape index (κ2) is 5.92. The number of nitrogens with one attached hydrogen (secondary N) is 1. The summed E-state index contributed by atoms with van der Waals surface area (Å²) >= 11 is 7.57. The molecule has 2 heterocycles. The molecule has 1 amide bonds. The highest BCUT2D eigenvalue weighted by atomic mass is 35.5. The molecule has 4 nitrogen and oxygen atoms in total. The number of halogens is 1. The normalized spacial score (nSPS) is 16.7. The lowest BCUT2D eigenvalue weighted by molar-refractivity contribution is 0.0974. The Morgan fingerprint density at radius 1 is 1.17 bits per heavy atom. The smallest absolute Gasteiger partial charge is 0.262 e. The Kier molecular flexibility index (Phi) is 3.75. The van der Waals surface area contributed by atoms with Crippen LogP contribution >= 0.6 is 22.9 Å². The number of aryl methyl sites for hydroxylation is 1. The highest BCUT2D eigenvalue weighted by molar-refractivity contribution is 7.09. The number of aromatic nitrogens is 1. The fourth-order valence-electron chi connectivity index (χ4n) is 2.83. The van der Waals surface area contributed by atoms with Gasteiger partial charge in [-0.2, -0.15) is 0 Å². The van der Waals surface area contributed by atoms with Crippen LogP contribution < -0.4 is 10.2 Å². The van der Waals surface area contributed by atoms with Gasteiger partial charge in [0.25, 0.3) is 5.91 Å². The summed E-state index contributed by atoms with van der Waals surface area (Å²) in [4.78, 5) is 19.4. The number of rotatable bonds is 2. The molecule has 0 radical (unpaired) electrons. The van der Waals surface area contributed by atoms with Crippen LogP contribution in [0.3, 0.4) is 0 Å². The van der Waals surface area contributed by atoms with Crippen molar-refractivity contribution in [3.63, 3.8) is 0 Å². The summed E-state index contributed by atoms with van der Waals surface area (Å²) < 4.78 is 0. The molecule has 0 unspecified atom stereocenters. The second-order valence-corrected chi connectivity index (χ2v) is 7.03. The maximum absolute atomic E-state index is 13.1. The largest absolute Gasteiger partial charge is 0.359 e. The van der Waals surface area contributed by atoms with Crippen LogP contribution in [0.2, 0.25) is 5.02 Å². The molecule has 1 N–H and O–H groups in total. The first-order valence-electron chi connectivity index (χ1n) is 7.50. The number of carbonyl (C=O) groups excluding carboxylic acids is 1. The molecule has 2 aromatic carbocycles. The van der Waals surface area contributed by atoms with Crippen LogP contribution in [0, 0.1) is 6.92 Å². The number of hydrogen-bond donors (Lipinski definition) is 1. The van der Waals surface area contributed by atoms with Crippen molar-refractivity contribution >= 4 is 40.2 Å². The van der Waals surface area contributed by atoms with E-state index in [0.717, 1.165) is 22.1 Å². The Morgan fingerprint density at radius 3 is 2.62 bits per heavy atom. The standard InChI is InChI=1S/C18H14ClN3OS/c1-11-20-16(10-24-11)17-21-15-5-3-2-4-14(15)18(23)22(17)13-8-6-12(19)7-9-13/h2-10,17,21H,1H3/t17-/m1/s1. The monoisotopic (exact) mass is 355 g/mol. The van der Waals surface area contributed by atoms with Crippen LogP contribution in [0.25, 0.3) is 0 Å². The molecule has 1 aromatic heterocycles. The molecule has 0 spiro atoms. The molecule has 1 aliphatic heterocycles. The van der Waals surface area contributed by atoms with Gasteiger partial charge in [0.1, 0.15) is 0 Å². The molecule has 0 saturated heterocycles. The van der Waals surface area contributed by atoms with Gasteiger partial charge >= 0.3 is 0 Å². The quantitative estimate of drug-likeness (QED) is 0.712. The third-order valence-corrected chi connectivity index (χ3v) is 4.99. The zero-order valence-electron chi connectivity index (χ0n) is 12.9. The third kappa shape index (κ3) is 2.56. The van der Waals surface area contributed by atoms with Crippen molar-refractivity contribution in [1.29, 1.82) is 0 Å². The van der Waals surface area contributed by atoms with Gasteiger partial charge in [-0.05, 0) is 43.3 Å².